The van der Waals surface area contributed by atoms with Gasteiger partial charge in [0.25, 0.3) is 0 Å². The van der Waals surface area contributed by atoms with Crippen LogP contribution in [-0.2, 0) is 4.79 Å². The first-order chi connectivity index (χ1) is 12.2. The van der Waals surface area contributed by atoms with Gasteiger partial charge in [-0.25, -0.2) is 0 Å². The fourth-order valence-corrected chi connectivity index (χ4v) is 3.65. The number of piperidine rings is 1. The van der Waals surface area contributed by atoms with Crippen LogP contribution in [-0.4, -0.2) is 41.8 Å². The normalized spacial score (nSPS) is 18.6. The first-order valence-electron chi connectivity index (χ1n) is 9.81. The quantitative estimate of drug-likeness (QED) is 0.752. The first kappa shape index (κ1) is 20.6. The smallest absolute Gasteiger partial charge is 0.220 e. The number of carbonyl (C=O) groups is 2. The zero-order valence-electron chi connectivity index (χ0n) is 17.0. The van der Waals surface area contributed by atoms with E-state index in [-0.39, 0.29) is 30.1 Å². The van der Waals surface area contributed by atoms with Gasteiger partial charge in [0.1, 0.15) is 0 Å². The van der Waals surface area contributed by atoms with Crippen LogP contribution in [0.25, 0.3) is 0 Å². The molecule has 1 N–H and O–H groups in total. The second kappa shape index (κ2) is 8.81. The van der Waals surface area contributed by atoms with Crippen LogP contribution in [0.3, 0.4) is 0 Å². The lowest BCUT2D eigenvalue weighted by Crippen LogP contribution is -2.54. The van der Waals surface area contributed by atoms with Gasteiger partial charge < -0.3 is 5.32 Å². The van der Waals surface area contributed by atoms with E-state index in [9.17, 15) is 9.59 Å². The number of amides is 1. The third-order valence-electron chi connectivity index (χ3n) is 5.50. The molecule has 1 aliphatic rings. The van der Waals surface area contributed by atoms with E-state index in [1.54, 1.807) is 0 Å². The van der Waals surface area contributed by atoms with E-state index in [2.05, 4.69) is 31.0 Å². The molecule has 1 saturated heterocycles. The van der Waals surface area contributed by atoms with Crippen molar-refractivity contribution in [2.75, 3.05) is 19.6 Å². The number of nitrogens with one attached hydrogen (secondary N) is 1. The highest BCUT2D eigenvalue weighted by Gasteiger charge is 2.30. The lowest BCUT2D eigenvalue weighted by atomic mass is 9.93. The molecule has 0 bridgehead atoms. The van der Waals surface area contributed by atoms with Gasteiger partial charge in [0.2, 0.25) is 5.91 Å². The molecule has 0 aliphatic carbocycles. The van der Waals surface area contributed by atoms with Gasteiger partial charge in [-0.3, -0.25) is 14.5 Å². The number of carbonyl (C=O) groups excluding carboxylic acids is 2. The number of hydrogen-bond donors (Lipinski definition) is 1. The van der Waals surface area contributed by atoms with Gasteiger partial charge in [-0.05, 0) is 64.6 Å². The summed E-state index contributed by atoms with van der Waals surface area (Å²) >= 11 is 0. The number of rotatable bonds is 7. The summed E-state index contributed by atoms with van der Waals surface area (Å²) in [7, 11) is 0. The van der Waals surface area contributed by atoms with Crippen LogP contribution >= 0.6 is 0 Å². The third-order valence-corrected chi connectivity index (χ3v) is 5.50. The third kappa shape index (κ3) is 5.66. The maximum atomic E-state index is 12.4. The molecule has 2 rings (SSSR count). The van der Waals surface area contributed by atoms with Crippen LogP contribution in [0.1, 0.15) is 67.9 Å². The Labute approximate surface area is 158 Å². The van der Waals surface area contributed by atoms with Gasteiger partial charge in [0, 0.05) is 37.0 Å². The minimum absolute atomic E-state index is 0.0400. The minimum atomic E-state index is -0.0541. The molecule has 1 aliphatic heterocycles. The Morgan fingerprint density at radius 3 is 2.65 bits per heavy atom. The Kier molecular flexibility index (Phi) is 6.99. The van der Waals surface area contributed by atoms with Gasteiger partial charge in [-0.2, -0.15) is 0 Å². The Morgan fingerprint density at radius 1 is 1.23 bits per heavy atom. The van der Waals surface area contributed by atoms with Crippen LogP contribution in [0.15, 0.2) is 18.2 Å². The topological polar surface area (TPSA) is 49.4 Å². The maximum Gasteiger partial charge on any atom is 0.220 e. The van der Waals surface area contributed by atoms with Gasteiger partial charge in [0.05, 0.1) is 0 Å². The largest absolute Gasteiger partial charge is 0.354 e. The summed E-state index contributed by atoms with van der Waals surface area (Å²) in [5.74, 6) is 0.723. The van der Waals surface area contributed by atoms with Crippen molar-refractivity contribution >= 4 is 11.7 Å². The summed E-state index contributed by atoms with van der Waals surface area (Å²) < 4.78 is 0. The highest BCUT2D eigenvalue weighted by Crippen LogP contribution is 2.23. The van der Waals surface area contributed by atoms with Crippen molar-refractivity contribution in [2.24, 2.45) is 5.92 Å². The SMILES string of the molecule is Cc1ccc(C)c(C(=O)CCC(=O)NCC(C)(C)N2CCCC(C)C2)c1. The molecule has 1 aromatic carbocycles. The molecule has 0 aromatic heterocycles. The molecular weight excluding hydrogens is 324 g/mol. The second-order valence-electron chi connectivity index (χ2n) is 8.52. The molecule has 4 heteroatoms. The zero-order valence-corrected chi connectivity index (χ0v) is 17.0. The molecule has 1 heterocycles. The molecule has 1 unspecified atom stereocenters. The summed E-state index contributed by atoms with van der Waals surface area (Å²) in [4.78, 5) is 27.1. The molecule has 1 atom stereocenters. The molecule has 0 radical (unpaired) electrons. The van der Waals surface area contributed by atoms with Crippen molar-refractivity contribution in [1.29, 1.82) is 0 Å². The molecule has 1 amide bonds. The number of nitrogens with zero attached hydrogens (tertiary/aromatic N) is 1. The predicted molar refractivity (Wildman–Crippen MR) is 107 cm³/mol. The van der Waals surface area contributed by atoms with Crippen molar-refractivity contribution in [3.05, 3.63) is 34.9 Å². The molecular formula is C22H34N2O2. The lowest BCUT2D eigenvalue weighted by molar-refractivity contribution is -0.121. The molecule has 144 valence electrons. The summed E-state index contributed by atoms with van der Waals surface area (Å²) in [5, 5.41) is 3.04. The Hall–Kier alpha value is -1.68. The molecule has 1 aromatic rings. The Bertz CT molecular complexity index is 652. The first-order valence-corrected chi connectivity index (χ1v) is 9.81. The van der Waals surface area contributed by atoms with Crippen LogP contribution in [0.4, 0.5) is 0 Å². The summed E-state index contributed by atoms with van der Waals surface area (Å²) in [6.07, 6.45) is 3.03. The average Bonchev–Trinajstić information content (AvgIpc) is 2.60. The minimum Gasteiger partial charge on any atom is -0.354 e. The summed E-state index contributed by atoms with van der Waals surface area (Å²) in [6, 6.07) is 5.88. The average molecular weight is 359 g/mol. The van der Waals surface area contributed by atoms with E-state index < -0.39 is 0 Å². The molecule has 0 saturated carbocycles. The highest BCUT2D eigenvalue weighted by molar-refractivity contribution is 5.99. The summed E-state index contributed by atoms with van der Waals surface area (Å²) in [6.45, 7) is 13.4. The van der Waals surface area contributed by atoms with Crippen molar-refractivity contribution in [3.63, 3.8) is 0 Å². The maximum absolute atomic E-state index is 12.4. The van der Waals surface area contributed by atoms with E-state index in [1.807, 2.05) is 32.0 Å². The monoisotopic (exact) mass is 358 g/mol. The predicted octanol–water partition coefficient (Wildman–Crippen LogP) is 3.89. The van der Waals surface area contributed by atoms with Crippen molar-refractivity contribution < 1.29 is 9.59 Å². The van der Waals surface area contributed by atoms with E-state index in [1.165, 1.54) is 12.8 Å². The fraction of sp³-hybridized carbons (Fsp3) is 0.636. The summed E-state index contributed by atoms with van der Waals surface area (Å²) in [5.41, 5.74) is 2.73. The number of likely N-dealkylation sites (tertiary alicyclic amines) is 1. The van der Waals surface area contributed by atoms with Gasteiger partial charge in [-0.15, -0.1) is 0 Å². The van der Waals surface area contributed by atoms with Crippen LogP contribution in [0.5, 0.6) is 0 Å². The fourth-order valence-electron chi connectivity index (χ4n) is 3.65. The van der Waals surface area contributed by atoms with Gasteiger partial charge >= 0.3 is 0 Å². The van der Waals surface area contributed by atoms with Crippen molar-refractivity contribution in [1.82, 2.24) is 10.2 Å². The van der Waals surface area contributed by atoms with Crippen LogP contribution in [0, 0.1) is 19.8 Å². The van der Waals surface area contributed by atoms with E-state index in [4.69, 9.17) is 0 Å². The second-order valence-corrected chi connectivity index (χ2v) is 8.52. The van der Waals surface area contributed by atoms with Crippen molar-refractivity contribution in [2.45, 2.75) is 65.8 Å². The number of ketones is 1. The number of hydrogen-bond acceptors (Lipinski definition) is 3. The van der Waals surface area contributed by atoms with E-state index in [0.29, 0.717) is 12.5 Å². The van der Waals surface area contributed by atoms with Gasteiger partial charge in [-0.1, -0.05) is 24.6 Å². The Balaban J connectivity index is 1.81. The molecule has 1 fully saturated rings. The van der Waals surface area contributed by atoms with E-state index >= 15 is 0 Å². The number of aryl methyl sites for hydroxylation is 2. The number of Topliss-reactive ketones (excluding diaryl/α,β-unsaturated/α-hetero) is 1. The Morgan fingerprint density at radius 2 is 1.96 bits per heavy atom. The number of benzene rings is 1. The molecule has 4 nitrogen and oxygen atoms in total. The highest BCUT2D eigenvalue weighted by atomic mass is 16.2. The van der Waals surface area contributed by atoms with Crippen LogP contribution in [0.2, 0.25) is 0 Å². The standard InChI is InChI=1S/C22H34N2O2/c1-16-8-9-18(3)19(13-16)20(25)10-11-21(26)23-15-22(4,5)24-12-6-7-17(2)14-24/h8-9,13,17H,6-7,10-12,14-15H2,1-5H3,(H,23,26). The van der Waals surface area contributed by atoms with Crippen LogP contribution < -0.4 is 5.32 Å². The van der Waals surface area contributed by atoms with E-state index in [0.717, 1.165) is 29.8 Å². The van der Waals surface area contributed by atoms with Gasteiger partial charge in [0.15, 0.2) is 5.78 Å². The zero-order chi connectivity index (χ0) is 19.3. The molecule has 26 heavy (non-hydrogen) atoms. The van der Waals surface area contributed by atoms with Crippen molar-refractivity contribution in [3.8, 4) is 0 Å². The lowest BCUT2D eigenvalue weighted by Gasteiger charge is -2.43. The molecule has 0 spiro atoms.